The van der Waals surface area contributed by atoms with Crippen molar-refractivity contribution < 1.29 is 4.79 Å². The molecule has 0 unspecified atom stereocenters. The molecule has 0 spiro atoms. The van der Waals surface area contributed by atoms with Crippen LogP contribution in [0.3, 0.4) is 0 Å². The molecule has 0 aliphatic carbocycles. The molecule has 2 aliphatic heterocycles. The molecule has 2 amide bonds. The van der Waals surface area contributed by atoms with Crippen molar-refractivity contribution in [1.82, 2.24) is 9.80 Å². The van der Waals surface area contributed by atoms with E-state index in [1.165, 1.54) is 3.58 Å². The molecule has 2 heterocycles. The van der Waals surface area contributed by atoms with Crippen molar-refractivity contribution in [2.45, 2.75) is 13.8 Å². The predicted molar refractivity (Wildman–Crippen MR) is 64.4 cm³/mol. The second-order valence-electron chi connectivity index (χ2n) is 4.83. The number of rotatable bonds is 0. The Kier molecular flexibility index (Phi) is 2.49. The van der Waals surface area contributed by atoms with Gasteiger partial charge in [0.05, 0.1) is 6.54 Å². The van der Waals surface area contributed by atoms with E-state index in [1.807, 2.05) is 9.80 Å². The molecule has 0 atom stereocenters. The van der Waals surface area contributed by atoms with Crippen molar-refractivity contribution in [1.29, 1.82) is 0 Å². The van der Waals surface area contributed by atoms with Crippen LogP contribution in [0.15, 0.2) is 9.66 Å². The van der Waals surface area contributed by atoms with Crippen molar-refractivity contribution in [3.63, 3.8) is 0 Å². The fourth-order valence-electron chi connectivity index (χ4n) is 1.99. The fourth-order valence-corrected chi connectivity index (χ4v) is 2.60. The standard InChI is InChI=1S/C10H15IN2O/c1-10(2)6-13(7-10)9(14)12-4-3-8(11)5-12/h3H,4-7H2,1-2H3. The second kappa shape index (κ2) is 3.40. The van der Waals surface area contributed by atoms with E-state index in [1.54, 1.807) is 0 Å². The lowest BCUT2D eigenvalue weighted by atomic mass is 9.85. The molecule has 14 heavy (non-hydrogen) atoms. The topological polar surface area (TPSA) is 23.6 Å². The third kappa shape index (κ3) is 1.89. The maximum atomic E-state index is 11.9. The lowest BCUT2D eigenvalue weighted by molar-refractivity contribution is 0.0465. The lowest BCUT2D eigenvalue weighted by Gasteiger charge is -2.46. The van der Waals surface area contributed by atoms with E-state index >= 15 is 0 Å². The Morgan fingerprint density at radius 1 is 1.43 bits per heavy atom. The molecule has 0 aromatic heterocycles. The number of likely N-dealkylation sites (tertiary alicyclic amines) is 1. The van der Waals surface area contributed by atoms with Gasteiger partial charge in [-0.1, -0.05) is 19.9 Å². The summed E-state index contributed by atoms with van der Waals surface area (Å²) < 4.78 is 1.27. The van der Waals surface area contributed by atoms with E-state index < -0.39 is 0 Å². The monoisotopic (exact) mass is 306 g/mol. The van der Waals surface area contributed by atoms with Crippen LogP contribution >= 0.6 is 22.6 Å². The zero-order chi connectivity index (χ0) is 10.3. The second-order valence-corrected chi connectivity index (χ2v) is 6.22. The third-order valence-corrected chi connectivity index (χ3v) is 3.44. The summed E-state index contributed by atoms with van der Waals surface area (Å²) in [5.74, 6) is 0. The van der Waals surface area contributed by atoms with E-state index in [0.717, 1.165) is 26.2 Å². The maximum absolute atomic E-state index is 11.9. The van der Waals surface area contributed by atoms with E-state index in [9.17, 15) is 4.79 Å². The van der Waals surface area contributed by atoms with Gasteiger partial charge in [-0.2, -0.15) is 0 Å². The molecule has 0 radical (unpaired) electrons. The highest BCUT2D eigenvalue weighted by molar-refractivity contribution is 14.1. The van der Waals surface area contributed by atoms with Crippen LogP contribution in [0.5, 0.6) is 0 Å². The SMILES string of the molecule is CC1(C)CN(C(=O)N2CC=C(I)C2)C1. The summed E-state index contributed by atoms with van der Waals surface area (Å²) in [4.78, 5) is 15.7. The Bertz CT molecular complexity index is 290. The first-order valence-electron chi connectivity index (χ1n) is 4.86. The molecule has 78 valence electrons. The van der Waals surface area contributed by atoms with Gasteiger partial charge in [0.15, 0.2) is 0 Å². The van der Waals surface area contributed by atoms with Crippen LogP contribution in [0.2, 0.25) is 0 Å². The van der Waals surface area contributed by atoms with Gasteiger partial charge in [0.2, 0.25) is 0 Å². The molecular weight excluding hydrogens is 291 g/mol. The molecule has 1 fully saturated rings. The first kappa shape index (κ1) is 10.3. The Hall–Kier alpha value is -0.260. The molecule has 4 heteroatoms. The van der Waals surface area contributed by atoms with Crippen LogP contribution < -0.4 is 0 Å². The summed E-state index contributed by atoms with van der Waals surface area (Å²) in [7, 11) is 0. The zero-order valence-corrected chi connectivity index (χ0v) is 10.7. The summed E-state index contributed by atoms with van der Waals surface area (Å²) >= 11 is 2.29. The van der Waals surface area contributed by atoms with Crippen LogP contribution in [0.1, 0.15) is 13.8 Å². The van der Waals surface area contributed by atoms with E-state index in [4.69, 9.17) is 0 Å². The van der Waals surface area contributed by atoms with Crippen molar-refractivity contribution in [2.24, 2.45) is 5.41 Å². The quantitative estimate of drug-likeness (QED) is 0.629. The summed E-state index contributed by atoms with van der Waals surface area (Å²) in [5.41, 5.74) is 0.329. The molecular formula is C10H15IN2O. The van der Waals surface area contributed by atoms with Crippen LogP contribution in [0.25, 0.3) is 0 Å². The first-order chi connectivity index (χ1) is 6.48. The number of hydrogen-bond donors (Lipinski definition) is 0. The highest BCUT2D eigenvalue weighted by Gasteiger charge is 2.39. The zero-order valence-electron chi connectivity index (χ0n) is 8.59. The fraction of sp³-hybridized carbons (Fsp3) is 0.700. The number of carbonyl (C=O) groups excluding carboxylic acids is 1. The number of nitrogens with zero attached hydrogens (tertiary/aromatic N) is 2. The number of halogens is 1. The number of urea groups is 1. The maximum Gasteiger partial charge on any atom is 0.320 e. The largest absolute Gasteiger partial charge is 0.323 e. The molecule has 2 rings (SSSR count). The Morgan fingerprint density at radius 3 is 2.50 bits per heavy atom. The van der Waals surface area contributed by atoms with Gasteiger partial charge < -0.3 is 9.80 Å². The number of carbonyl (C=O) groups is 1. The highest BCUT2D eigenvalue weighted by Crippen LogP contribution is 2.30. The van der Waals surface area contributed by atoms with Crippen molar-refractivity contribution in [3.05, 3.63) is 9.66 Å². The van der Waals surface area contributed by atoms with Crippen molar-refractivity contribution in [3.8, 4) is 0 Å². The highest BCUT2D eigenvalue weighted by atomic mass is 127. The van der Waals surface area contributed by atoms with Gasteiger partial charge in [0.25, 0.3) is 0 Å². The minimum Gasteiger partial charge on any atom is -0.323 e. The van der Waals surface area contributed by atoms with Gasteiger partial charge in [-0.25, -0.2) is 4.79 Å². The Labute approximate surface area is 98.3 Å². The molecule has 3 nitrogen and oxygen atoms in total. The van der Waals surface area contributed by atoms with Gasteiger partial charge >= 0.3 is 6.03 Å². The van der Waals surface area contributed by atoms with Gasteiger partial charge in [-0.15, -0.1) is 0 Å². The van der Waals surface area contributed by atoms with E-state index in [0.29, 0.717) is 5.41 Å². The average molecular weight is 306 g/mol. The van der Waals surface area contributed by atoms with Gasteiger partial charge in [-0.05, 0) is 22.6 Å². The molecule has 0 aromatic carbocycles. The molecule has 0 saturated carbocycles. The van der Waals surface area contributed by atoms with Crippen molar-refractivity contribution in [2.75, 3.05) is 26.2 Å². The average Bonchev–Trinajstić information content (AvgIpc) is 2.46. The van der Waals surface area contributed by atoms with Crippen molar-refractivity contribution >= 4 is 28.6 Å². The van der Waals surface area contributed by atoms with E-state index in [-0.39, 0.29) is 6.03 Å². The van der Waals surface area contributed by atoms with Crippen LogP contribution in [-0.4, -0.2) is 42.0 Å². The van der Waals surface area contributed by atoms with Gasteiger partial charge in [-0.3, -0.25) is 0 Å². The molecule has 2 aliphatic rings. The Balaban J connectivity index is 1.87. The Morgan fingerprint density at radius 2 is 2.07 bits per heavy atom. The van der Waals surface area contributed by atoms with Crippen LogP contribution in [-0.2, 0) is 0 Å². The third-order valence-electron chi connectivity index (χ3n) is 2.65. The predicted octanol–water partition coefficient (Wildman–Crippen LogP) is 2.08. The smallest absolute Gasteiger partial charge is 0.320 e. The lowest BCUT2D eigenvalue weighted by Crippen LogP contribution is -2.58. The summed E-state index contributed by atoms with van der Waals surface area (Å²) in [6, 6.07) is 0.201. The van der Waals surface area contributed by atoms with Gasteiger partial charge in [0, 0.05) is 28.6 Å². The molecule has 0 aromatic rings. The molecule has 0 N–H and O–H groups in total. The summed E-state index contributed by atoms with van der Waals surface area (Å²) in [6.07, 6.45) is 2.11. The summed E-state index contributed by atoms with van der Waals surface area (Å²) in [5, 5.41) is 0. The molecule has 1 saturated heterocycles. The molecule has 0 bridgehead atoms. The normalized spacial score (nSPS) is 24.6. The summed E-state index contributed by atoms with van der Waals surface area (Å²) in [6.45, 7) is 7.79. The first-order valence-corrected chi connectivity index (χ1v) is 5.94. The van der Waals surface area contributed by atoms with Gasteiger partial charge in [0.1, 0.15) is 0 Å². The van der Waals surface area contributed by atoms with E-state index in [2.05, 4.69) is 42.5 Å². The minimum atomic E-state index is 0.201. The van der Waals surface area contributed by atoms with Crippen LogP contribution in [0, 0.1) is 5.41 Å². The minimum absolute atomic E-state index is 0.201. The number of amides is 2. The van der Waals surface area contributed by atoms with Crippen LogP contribution in [0.4, 0.5) is 4.79 Å². The number of hydrogen-bond acceptors (Lipinski definition) is 1.